The Morgan fingerprint density at radius 1 is 0.885 bits per heavy atom. The molecule has 132 valence electrons. The number of carbonyl (C=O) groups excluding carboxylic acids is 1. The van der Waals surface area contributed by atoms with E-state index in [1.807, 2.05) is 73.7 Å². The van der Waals surface area contributed by atoms with E-state index in [9.17, 15) is 4.79 Å². The van der Waals surface area contributed by atoms with E-state index < -0.39 is 6.10 Å². The lowest BCUT2D eigenvalue weighted by Crippen LogP contribution is -2.35. The number of amides is 1. The Hall–Kier alpha value is -3.07. The number of nitrogens with one attached hydrogen (secondary N) is 1. The number of hydrogen-bond donors (Lipinski definition) is 1. The van der Waals surface area contributed by atoms with Crippen LogP contribution >= 0.6 is 0 Å². The monoisotopic (exact) mass is 345 g/mol. The minimum Gasteiger partial charge on any atom is -0.481 e. The first-order valence-electron chi connectivity index (χ1n) is 8.77. The number of benzene rings is 3. The fourth-order valence-corrected chi connectivity index (χ4v) is 2.65. The molecule has 0 radical (unpaired) electrons. The van der Waals surface area contributed by atoms with Gasteiger partial charge in [-0.25, -0.2) is 0 Å². The van der Waals surface area contributed by atoms with Gasteiger partial charge in [-0.2, -0.15) is 0 Å². The van der Waals surface area contributed by atoms with E-state index in [-0.39, 0.29) is 5.91 Å². The van der Waals surface area contributed by atoms with Gasteiger partial charge < -0.3 is 10.1 Å². The van der Waals surface area contributed by atoms with Crippen molar-refractivity contribution in [1.29, 1.82) is 0 Å². The predicted octanol–water partition coefficient (Wildman–Crippen LogP) is 4.75. The van der Waals surface area contributed by atoms with Crippen molar-refractivity contribution < 1.29 is 9.53 Å². The minimum absolute atomic E-state index is 0.127. The first-order chi connectivity index (χ1) is 12.6. The van der Waals surface area contributed by atoms with Crippen LogP contribution in [0.2, 0.25) is 0 Å². The predicted molar refractivity (Wildman–Crippen MR) is 105 cm³/mol. The molecule has 0 aromatic heterocycles. The fourth-order valence-electron chi connectivity index (χ4n) is 2.65. The highest BCUT2D eigenvalue weighted by Crippen LogP contribution is 2.22. The molecule has 0 spiro atoms. The van der Waals surface area contributed by atoms with Crippen molar-refractivity contribution in [3.05, 3.63) is 90.0 Å². The molecule has 0 aliphatic carbocycles. The van der Waals surface area contributed by atoms with Gasteiger partial charge in [0.2, 0.25) is 0 Å². The van der Waals surface area contributed by atoms with Gasteiger partial charge in [0.1, 0.15) is 5.75 Å². The van der Waals surface area contributed by atoms with Crippen LogP contribution in [0.1, 0.15) is 18.1 Å². The van der Waals surface area contributed by atoms with Crippen LogP contribution in [0.25, 0.3) is 11.1 Å². The molecular formula is C23H23NO2. The van der Waals surface area contributed by atoms with Gasteiger partial charge in [0.05, 0.1) is 0 Å². The molecule has 0 aliphatic heterocycles. The maximum atomic E-state index is 12.2. The first kappa shape index (κ1) is 17.7. The Morgan fingerprint density at radius 3 is 2.15 bits per heavy atom. The molecular weight excluding hydrogens is 322 g/mol. The molecule has 3 aromatic rings. The van der Waals surface area contributed by atoms with Crippen molar-refractivity contribution in [2.24, 2.45) is 0 Å². The SMILES string of the molecule is Cc1ccc(CNC(=O)C(C)Oc2ccc(-c3ccccc3)cc2)cc1. The third-order valence-electron chi connectivity index (χ3n) is 4.23. The van der Waals surface area contributed by atoms with Gasteiger partial charge in [0, 0.05) is 6.54 Å². The number of ether oxygens (including phenoxy) is 1. The summed E-state index contributed by atoms with van der Waals surface area (Å²) in [5, 5.41) is 2.91. The summed E-state index contributed by atoms with van der Waals surface area (Å²) in [7, 11) is 0. The van der Waals surface area contributed by atoms with Crippen molar-refractivity contribution >= 4 is 5.91 Å². The molecule has 0 saturated heterocycles. The molecule has 0 saturated carbocycles. The number of aryl methyl sites for hydroxylation is 1. The highest BCUT2D eigenvalue weighted by molar-refractivity contribution is 5.80. The van der Waals surface area contributed by atoms with Crippen LogP contribution < -0.4 is 10.1 Å². The zero-order chi connectivity index (χ0) is 18.4. The fraction of sp³-hybridized carbons (Fsp3) is 0.174. The maximum absolute atomic E-state index is 12.2. The van der Waals surface area contributed by atoms with Gasteiger partial charge >= 0.3 is 0 Å². The van der Waals surface area contributed by atoms with Gasteiger partial charge in [0.25, 0.3) is 5.91 Å². The van der Waals surface area contributed by atoms with E-state index in [2.05, 4.69) is 17.4 Å². The third kappa shape index (κ3) is 4.73. The van der Waals surface area contributed by atoms with Crippen molar-refractivity contribution in [2.75, 3.05) is 0 Å². The smallest absolute Gasteiger partial charge is 0.261 e. The second kappa shape index (κ2) is 8.34. The normalized spacial score (nSPS) is 11.6. The highest BCUT2D eigenvalue weighted by Gasteiger charge is 2.14. The molecule has 26 heavy (non-hydrogen) atoms. The van der Waals surface area contributed by atoms with E-state index in [0.717, 1.165) is 16.7 Å². The Balaban J connectivity index is 1.54. The molecule has 0 fully saturated rings. The molecule has 0 bridgehead atoms. The maximum Gasteiger partial charge on any atom is 0.261 e. The summed E-state index contributed by atoms with van der Waals surface area (Å²) in [6.07, 6.45) is -0.553. The molecule has 3 aromatic carbocycles. The molecule has 1 unspecified atom stereocenters. The molecule has 1 N–H and O–H groups in total. The summed E-state index contributed by atoms with van der Waals surface area (Å²) in [5.41, 5.74) is 4.55. The highest BCUT2D eigenvalue weighted by atomic mass is 16.5. The van der Waals surface area contributed by atoms with Crippen LogP contribution in [0.3, 0.4) is 0 Å². The van der Waals surface area contributed by atoms with Gasteiger partial charge in [-0.3, -0.25) is 4.79 Å². The van der Waals surface area contributed by atoms with Crippen LogP contribution in [-0.2, 0) is 11.3 Å². The van der Waals surface area contributed by atoms with Crippen LogP contribution in [0.4, 0.5) is 0 Å². The van der Waals surface area contributed by atoms with Crippen LogP contribution in [0.5, 0.6) is 5.75 Å². The van der Waals surface area contributed by atoms with Crippen molar-refractivity contribution in [3.8, 4) is 16.9 Å². The lowest BCUT2D eigenvalue weighted by atomic mass is 10.1. The summed E-state index contributed by atoms with van der Waals surface area (Å²) >= 11 is 0. The molecule has 3 heteroatoms. The average molecular weight is 345 g/mol. The second-order valence-electron chi connectivity index (χ2n) is 6.35. The minimum atomic E-state index is -0.553. The Labute approximate surface area is 154 Å². The van der Waals surface area contributed by atoms with Crippen LogP contribution in [-0.4, -0.2) is 12.0 Å². The summed E-state index contributed by atoms with van der Waals surface area (Å²) in [6.45, 7) is 4.30. The second-order valence-corrected chi connectivity index (χ2v) is 6.35. The number of carbonyl (C=O) groups is 1. The Kier molecular flexibility index (Phi) is 5.69. The van der Waals surface area contributed by atoms with Gasteiger partial charge in [-0.05, 0) is 42.7 Å². The lowest BCUT2D eigenvalue weighted by Gasteiger charge is -2.15. The summed E-state index contributed by atoms with van der Waals surface area (Å²) in [5.74, 6) is 0.556. The van der Waals surface area contributed by atoms with Gasteiger partial charge in [-0.1, -0.05) is 72.3 Å². The van der Waals surface area contributed by atoms with Crippen molar-refractivity contribution in [2.45, 2.75) is 26.5 Å². The molecule has 1 atom stereocenters. The van der Waals surface area contributed by atoms with Crippen LogP contribution in [0, 0.1) is 6.92 Å². The van der Waals surface area contributed by atoms with Gasteiger partial charge in [-0.15, -0.1) is 0 Å². The van der Waals surface area contributed by atoms with E-state index in [1.165, 1.54) is 5.56 Å². The van der Waals surface area contributed by atoms with Crippen molar-refractivity contribution in [1.82, 2.24) is 5.32 Å². The number of rotatable bonds is 6. The standard InChI is InChI=1S/C23H23NO2/c1-17-8-10-19(11-9-17)16-24-23(25)18(2)26-22-14-12-21(13-15-22)20-6-4-3-5-7-20/h3-15,18H,16H2,1-2H3,(H,24,25). The Bertz CT molecular complexity index is 840. The average Bonchev–Trinajstić information content (AvgIpc) is 2.68. The quantitative estimate of drug-likeness (QED) is 0.700. The largest absolute Gasteiger partial charge is 0.481 e. The molecule has 3 nitrogen and oxygen atoms in total. The van der Waals surface area contributed by atoms with Gasteiger partial charge in [0.15, 0.2) is 6.10 Å². The molecule has 0 aliphatic rings. The van der Waals surface area contributed by atoms with E-state index in [0.29, 0.717) is 12.3 Å². The van der Waals surface area contributed by atoms with E-state index in [4.69, 9.17) is 4.74 Å². The molecule has 0 heterocycles. The third-order valence-corrected chi connectivity index (χ3v) is 4.23. The molecule has 1 amide bonds. The first-order valence-corrected chi connectivity index (χ1v) is 8.77. The summed E-state index contributed by atoms with van der Waals surface area (Å²) in [4.78, 5) is 12.2. The topological polar surface area (TPSA) is 38.3 Å². The number of hydrogen-bond acceptors (Lipinski definition) is 2. The summed E-state index contributed by atoms with van der Waals surface area (Å²) in [6, 6.07) is 26.1. The van der Waals surface area contributed by atoms with E-state index >= 15 is 0 Å². The zero-order valence-electron chi connectivity index (χ0n) is 15.1. The molecule has 3 rings (SSSR count). The zero-order valence-corrected chi connectivity index (χ0v) is 15.1. The van der Waals surface area contributed by atoms with Crippen molar-refractivity contribution in [3.63, 3.8) is 0 Å². The van der Waals surface area contributed by atoms with Crippen LogP contribution in [0.15, 0.2) is 78.9 Å². The lowest BCUT2D eigenvalue weighted by molar-refractivity contribution is -0.127. The Morgan fingerprint density at radius 2 is 1.50 bits per heavy atom. The van der Waals surface area contributed by atoms with E-state index in [1.54, 1.807) is 6.92 Å². The summed E-state index contributed by atoms with van der Waals surface area (Å²) < 4.78 is 5.76.